The van der Waals surface area contributed by atoms with Crippen LogP contribution in [0.15, 0.2) is 24.3 Å². The Morgan fingerprint density at radius 1 is 1.12 bits per heavy atom. The summed E-state index contributed by atoms with van der Waals surface area (Å²) in [6.07, 6.45) is 3.03. The summed E-state index contributed by atoms with van der Waals surface area (Å²) < 4.78 is 24.2. The van der Waals surface area contributed by atoms with Gasteiger partial charge >= 0.3 is 5.97 Å². The van der Waals surface area contributed by atoms with Crippen LogP contribution in [0.3, 0.4) is 0 Å². The normalized spacial score (nSPS) is 42.7. The van der Waals surface area contributed by atoms with Gasteiger partial charge in [0.15, 0.2) is 24.8 Å². The third-order valence-corrected chi connectivity index (χ3v) is 7.80. The van der Waals surface area contributed by atoms with E-state index in [0.717, 1.165) is 31.2 Å². The summed E-state index contributed by atoms with van der Waals surface area (Å²) in [6, 6.07) is 7.22. The van der Waals surface area contributed by atoms with E-state index >= 15 is 0 Å². The van der Waals surface area contributed by atoms with Crippen molar-refractivity contribution in [2.45, 2.75) is 77.0 Å². The smallest absolute Gasteiger partial charge is 0.341 e. The first-order valence-electron chi connectivity index (χ1n) is 11.6. The first kappa shape index (κ1) is 22.1. The van der Waals surface area contributed by atoms with Crippen LogP contribution >= 0.6 is 0 Å². The Labute approximate surface area is 188 Å². The van der Waals surface area contributed by atoms with Crippen molar-refractivity contribution in [3.05, 3.63) is 29.8 Å². The lowest BCUT2D eigenvalue weighted by Gasteiger charge is -2.60. The first-order valence-corrected chi connectivity index (χ1v) is 11.6. The van der Waals surface area contributed by atoms with E-state index in [1.54, 1.807) is 12.1 Å². The average Bonchev–Trinajstić information content (AvgIpc) is 3.00. The predicted octanol–water partition coefficient (Wildman–Crippen LogP) is 3.87. The van der Waals surface area contributed by atoms with Gasteiger partial charge in [-0.15, -0.1) is 0 Å². The molecule has 0 amide bonds. The zero-order valence-corrected chi connectivity index (χ0v) is 18.8. The first-order chi connectivity index (χ1) is 15.3. The van der Waals surface area contributed by atoms with Crippen molar-refractivity contribution in [3.63, 3.8) is 0 Å². The van der Waals surface area contributed by atoms with Crippen molar-refractivity contribution in [2.24, 2.45) is 23.7 Å². The molecule has 5 fully saturated rings. The molecule has 5 aliphatic rings. The van der Waals surface area contributed by atoms with Crippen LogP contribution in [-0.4, -0.2) is 41.7 Å². The third kappa shape index (κ3) is 3.72. The topological polar surface area (TPSA) is 92.7 Å². The van der Waals surface area contributed by atoms with E-state index in [9.17, 15) is 4.79 Å². The number of hydrogen-bond acceptors (Lipinski definition) is 7. The summed E-state index contributed by atoms with van der Waals surface area (Å²) in [6.45, 7) is 6.39. The molecule has 0 aromatic heterocycles. The molecule has 0 unspecified atom stereocenters. The molecule has 176 valence electrons. The Kier molecular flexibility index (Phi) is 5.70. The number of carboxylic acid groups (broad SMARTS) is 1. The van der Waals surface area contributed by atoms with Gasteiger partial charge in [0.2, 0.25) is 5.79 Å². The number of carboxylic acids is 1. The van der Waals surface area contributed by atoms with Crippen LogP contribution in [0.25, 0.3) is 0 Å². The van der Waals surface area contributed by atoms with E-state index < -0.39 is 29.9 Å². The molecular formula is C24H32O8. The molecule has 32 heavy (non-hydrogen) atoms. The third-order valence-electron chi connectivity index (χ3n) is 7.80. The number of aliphatic carboxylic acids is 1. The number of ether oxygens (including phenoxy) is 4. The van der Waals surface area contributed by atoms with Crippen LogP contribution in [-0.2, 0) is 35.4 Å². The molecule has 4 saturated heterocycles. The standard InChI is InChI=1S/C24H32O8/c1-14-4-9-19-15(2)21(28-12-16-5-7-17(8-6-16)27-13-20(25)26)29-22-24(19)18(14)10-11-23(3,30-22)31-32-24/h5-8,14-15,18-19,21-22H,4,9-13H2,1-3H3,(H,25,26)/t14-,15-,18+,19+,21+,22-,23+,24-/m1/s1. The lowest BCUT2D eigenvalue weighted by molar-refractivity contribution is -0.577. The van der Waals surface area contributed by atoms with Crippen LogP contribution in [0.5, 0.6) is 5.75 Å². The molecule has 1 N–H and O–H groups in total. The van der Waals surface area contributed by atoms with Gasteiger partial charge in [0.1, 0.15) is 5.75 Å². The predicted molar refractivity (Wildman–Crippen MR) is 111 cm³/mol. The Bertz CT molecular complexity index is 843. The summed E-state index contributed by atoms with van der Waals surface area (Å²) in [4.78, 5) is 22.7. The van der Waals surface area contributed by atoms with Crippen molar-refractivity contribution in [2.75, 3.05) is 6.61 Å². The van der Waals surface area contributed by atoms with E-state index in [-0.39, 0.29) is 18.4 Å². The van der Waals surface area contributed by atoms with E-state index in [2.05, 4.69) is 13.8 Å². The highest BCUT2D eigenvalue weighted by Gasteiger charge is 2.69. The van der Waals surface area contributed by atoms with Crippen molar-refractivity contribution >= 4 is 5.97 Å². The van der Waals surface area contributed by atoms with Gasteiger partial charge in [0, 0.05) is 18.3 Å². The summed E-state index contributed by atoms with van der Waals surface area (Å²) in [5, 5.41) is 8.73. The Balaban J connectivity index is 1.30. The van der Waals surface area contributed by atoms with Crippen LogP contribution in [0.2, 0.25) is 0 Å². The molecule has 8 atom stereocenters. The van der Waals surface area contributed by atoms with Gasteiger partial charge in [-0.2, -0.15) is 0 Å². The molecule has 4 aliphatic heterocycles. The molecular weight excluding hydrogens is 416 g/mol. The Morgan fingerprint density at radius 2 is 1.91 bits per heavy atom. The number of carbonyl (C=O) groups is 1. The Morgan fingerprint density at radius 3 is 2.66 bits per heavy atom. The van der Waals surface area contributed by atoms with Crippen molar-refractivity contribution < 1.29 is 38.6 Å². The second-order valence-corrected chi connectivity index (χ2v) is 9.91. The lowest BCUT2D eigenvalue weighted by atomic mass is 9.58. The summed E-state index contributed by atoms with van der Waals surface area (Å²) >= 11 is 0. The van der Waals surface area contributed by atoms with E-state index in [1.165, 1.54) is 0 Å². The number of hydrogen-bond donors (Lipinski definition) is 1. The summed E-state index contributed by atoms with van der Waals surface area (Å²) in [7, 11) is 0. The van der Waals surface area contributed by atoms with Crippen LogP contribution in [0, 0.1) is 23.7 Å². The highest BCUT2D eigenvalue weighted by molar-refractivity contribution is 5.68. The number of benzene rings is 1. The van der Waals surface area contributed by atoms with Gasteiger partial charge < -0.3 is 24.1 Å². The molecule has 8 heteroatoms. The van der Waals surface area contributed by atoms with Crippen LogP contribution in [0.4, 0.5) is 0 Å². The van der Waals surface area contributed by atoms with E-state index in [0.29, 0.717) is 24.2 Å². The molecule has 1 aromatic rings. The summed E-state index contributed by atoms with van der Waals surface area (Å²) in [5.41, 5.74) is 0.365. The van der Waals surface area contributed by atoms with Crippen LogP contribution in [0.1, 0.15) is 52.0 Å². The minimum Gasteiger partial charge on any atom is -0.482 e. The largest absolute Gasteiger partial charge is 0.482 e. The van der Waals surface area contributed by atoms with Crippen molar-refractivity contribution in [1.82, 2.24) is 0 Å². The molecule has 1 aromatic carbocycles. The monoisotopic (exact) mass is 448 g/mol. The van der Waals surface area contributed by atoms with Gasteiger partial charge in [0.05, 0.1) is 6.61 Å². The van der Waals surface area contributed by atoms with Crippen LogP contribution < -0.4 is 4.74 Å². The minimum atomic E-state index is -1.00. The maximum absolute atomic E-state index is 10.6. The van der Waals surface area contributed by atoms with Crippen molar-refractivity contribution in [1.29, 1.82) is 0 Å². The molecule has 8 nitrogen and oxygen atoms in total. The molecule has 2 bridgehead atoms. The SMILES string of the molecule is C[C@H]1[C@@H](OCc2ccc(OCC(=O)O)cc2)O[C@@H]2O[C@]3(C)CC[C@H]4[C@H](C)CC[C@@H]1[C@@]24OO3. The highest BCUT2D eigenvalue weighted by Crippen LogP contribution is 2.60. The lowest BCUT2D eigenvalue weighted by Crippen LogP contribution is -2.70. The van der Waals surface area contributed by atoms with Crippen molar-refractivity contribution in [3.8, 4) is 5.75 Å². The maximum atomic E-state index is 10.6. The average molecular weight is 449 g/mol. The molecule has 1 spiro atoms. The second kappa shape index (κ2) is 8.25. The zero-order valence-electron chi connectivity index (χ0n) is 18.8. The zero-order chi connectivity index (χ0) is 22.5. The van der Waals surface area contributed by atoms with Gasteiger partial charge in [-0.05, 0) is 55.7 Å². The summed E-state index contributed by atoms with van der Waals surface area (Å²) in [5.74, 6) is -0.0921. The molecule has 4 heterocycles. The molecule has 1 saturated carbocycles. The molecule has 6 rings (SSSR count). The second-order valence-electron chi connectivity index (χ2n) is 9.91. The fourth-order valence-corrected chi connectivity index (χ4v) is 6.07. The van der Waals surface area contributed by atoms with Gasteiger partial charge in [-0.3, -0.25) is 0 Å². The fourth-order valence-electron chi connectivity index (χ4n) is 6.07. The quantitative estimate of drug-likeness (QED) is 0.656. The van der Waals surface area contributed by atoms with E-state index in [1.807, 2.05) is 19.1 Å². The number of rotatable bonds is 6. The van der Waals surface area contributed by atoms with E-state index in [4.69, 9.17) is 33.8 Å². The highest BCUT2D eigenvalue weighted by atomic mass is 17.3. The van der Waals surface area contributed by atoms with Gasteiger partial charge in [-0.25, -0.2) is 14.6 Å². The number of fused-ring (bicyclic) bond motifs is 2. The van der Waals surface area contributed by atoms with Gasteiger partial charge in [0.25, 0.3) is 0 Å². The Hall–Kier alpha value is -1.71. The fraction of sp³-hybridized carbons (Fsp3) is 0.708. The maximum Gasteiger partial charge on any atom is 0.341 e. The molecule has 0 radical (unpaired) electrons. The molecule has 1 aliphatic carbocycles. The minimum absolute atomic E-state index is 0.120. The van der Waals surface area contributed by atoms with Gasteiger partial charge in [-0.1, -0.05) is 26.0 Å².